The number of phenols is 2. The zero-order chi connectivity index (χ0) is 13.8. The van der Waals surface area contributed by atoms with E-state index in [0.29, 0.717) is 11.6 Å². The van der Waals surface area contributed by atoms with Crippen LogP contribution in [0.2, 0.25) is 5.02 Å². The van der Waals surface area contributed by atoms with E-state index in [1.165, 1.54) is 6.07 Å². The molecule has 2 aromatic rings. The summed E-state index contributed by atoms with van der Waals surface area (Å²) in [5, 5.41) is 22.9. The maximum Gasteiger partial charge on any atom is 0.123 e. The fourth-order valence-corrected chi connectivity index (χ4v) is 2.06. The molecule has 2 aromatic carbocycles. The van der Waals surface area contributed by atoms with Crippen LogP contribution in [-0.4, -0.2) is 10.2 Å². The van der Waals surface area contributed by atoms with Crippen LogP contribution in [0.3, 0.4) is 0 Å². The second kappa shape index (κ2) is 5.95. The first-order chi connectivity index (χ1) is 9.06. The number of halogens is 1. The van der Waals surface area contributed by atoms with E-state index < -0.39 is 0 Å². The quantitative estimate of drug-likeness (QED) is 0.800. The molecule has 100 valence electrons. The molecule has 3 N–H and O–H groups in total. The summed E-state index contributed by atoms with van der Waals surface area (Å²) in [6, 6.07) is 12.4. The van der Waals surface area contributed by atoms with E-state index in [0.717, 1.165) is 11.1 Å². The van der Waals surface area contributed by atoms with Crippen molar-refractivity contribution in [3.63, 3.8) is 0 Å². The highest BCUT2D eigenvalue weighted by molar-refractivity contribution is 6.30. The third kappa shape index (κ3) is 3.63. The van der Waals surface area contributed by atoms with Crippen molar-refractivity contribution in [3.05, 3.63) is 58.6 Å². The molecule has 0 fully saturated rings. The summed E-state index contributed by atoms with van der Waals surface area (Å²) in [5.74, 6) is 0.148. The minimum Gasteiger partial charge on any atom is -0.508 e. The second-order valence-electron chi connectivity index (χ2n) is 4.47. The maximum atomic E-state index is 9.70. The van der Waals surface area contributed by atoms with Crippen LogP contribution in [0.4, 0.5) is 0 Å². The van der Waals surface area contributed by atoms with Crippen molar-refractivity contribution in [1.29, 1.82) is 0 Å². The summed E-state index contributed by atoms with van der Waals surface area (Å²) in [5.41, 5.74) is 1.83. The smallest absolute Gasteiger partial charge is 0.123 e. The van der Waals surface area contributed by atoms with Crippen LogP contribution in [0.5, 0.6) is 11.5 Å². The lowest BCUT2D eigenvalue weighted by Gasteiger charge is -2.15. The third-order valence-corrected chi connectivity index (χ3v) is 3.25. The van der Waals surface area contributed by atoms with Gasteiger partial charge in [0.2, 0.25) is 0 Å². The number of rotatable bonds is 4. The van der Waals surface area contributed by atoms with Gasteiger partial charge in [-0.15, -0.1) is 0 Å². The molecule has 0 amide bonds. The fraction of sp³-hybridized carbons (Fsp3) is 0.200. The Kier molecular flexibility index (Phi) is 4.30. The van der Waals surface area contributed by atoms with Gasteiger partial charge in [0.25, 0.3) is 0 Å². The van der Waals surface area contributed by atoms with Gasteiger partial charge in [-0.1, -0.05) is 29.8 Å². The van der Waals surface area contributed by atoms with Crippen molar-refractivity contribution in [2.75, 3.05) is 0 Å². The number of benzene rings is 2. The molecule has 0 aliphatic rings. The zero-order valence-corrected chi connectivity index (χ0v) is 11.4. The lowest BCUT2D eigenvalue weighted by atomic mass is 10.1. The van der Waals surface area contributed by atoms with Gasteiger partial charge in [-0.3, -0.25) is 0 Å². The first-order valence-corrected chi connectivity index (χ1v) is 6.44. The van der Waals surface area contributed by atoms with Gasteiger partial charge in [0.1, 0.15) is 11.5 Å². The van der Waals surface area contributed by atoms with Crippen molar-refractivity contribution >= 4 is 11.6 Å². The molecule has 0 unspecified atom stereocenters. The van der Waals surface area contributed by atoms with E-state index in [2.05, 4.69) is 5.32 Å². The Labute approximate surface area is 117 Å². The standard InChI is InChI=1S/C15H16ClNO2/c1-10(11-3-2-4-13(16)7-11)17-9-12-5-6-14(18)8-15(12)19/h2-8,10,17-19H,9H2,1H3/t10-/m1/s1. The first-order valence-electron chi connectivity index (χ1n) is 6.06. The average Bonchev–Trinajstić information content (AvgIpc) is 2.37. The summed E-state index contributed by atoms with van der Waals surface area (Å²) in [6.45, 7) is 2.54. The summed E-state index contributed by atoms with van der Waals surface area (Å²) < 4.78 is 0. The maximum absolute atomic E-state index is 9.70. The minimum atomic E-state index is 0.0594. The number of hydrogen-bond acceptors (Lipinski definition) is 3. The predicted octanol–water partition coefficient (Wildman–Crippen LogP) is 3.60. The number of phenolic OH excluding ortho intramolecular Hbond substituents is 2. The molecule has 0 aromatic heterocycles. The van der Waals surface area contributed by atoms with E-state index in [1.807, 2.05) is 31.2 Å². The summed E-state index contributed by atoms with van der Waals surface area (Å²) in [7, 11) is 0. The molecule has 19 heavy (non-hydrogen) atoms. The van der Waals surface area contributed by atoms with Crippen LogP contribution in [0, 0.1) is 0 Å². The topological polar surface area (TPSA) is 52.5 Å². The molecule has 1 atom stereocenters. The van der Waals surface area contributed by atoms with Gasteiger partial charge >= 0.3 is 0 Å². The van der Waals surface area contributed by atoms with Gasteiger partial charge in [0, 0.05) is 29.2 Å². The zero-order valence-electron chi connectivity index (χ0n) is 10.6. The van der Waals surface area contributed by atoms with Crippen molar-refractivity contribution < 1.29 is 10.2 Å². The van der Waals surface area contributed by atoms with Crippen LogP contribution >= 0.6 is 11.6 Å². The molecular formula is C15H16ClNO2. The number of aromatic hydroxyl groups is 2. The highest BCUT2D eigenvalue weighted by Crippen LogP contribution is 2.23. The van der Waals surface area contributed by atoms with Crippen molar-refractivity contribution in [2.45, 2.75) is 19.5 Å². The summed E-state index contributed by atoms with van der Waals surface area (Å²) in [6.07, 6.45) is 0. The van der Waals surface area contributed by atoms with Crippen LogP contribution < -0.4 is 5.32 Å². The van der Waals surface area contributed by atoms with Gasteiger partial charge in [-0.2, -0.15) is 0 Å². The number of hydrogen-bond donors (Lipinski definition) is 3. The molecule has 0 radical (unpaired) electrons. The van der Waals surface area contributed by atoms with Gasteiger partial charge < -0.3 is 15.5 Å². The molecule has 0 saturated carbocycles. The van der Waals surface area contributed by atoms with Crippen LogP contribution in [0.15, 0.2) is 42.5 Å². The Morgan fingerprint density at radius 1 is 1.16 bits per heavy atom. The Bertz CT molecular complexity index is 572. The average molecular weight is 278 g/mol. The first kappa shape index (κ1) is 13.7. The molecule has 2 rings (SSSR count). The molecule has 0 saturated heterocycles. The van der Waals surface area contributed by atoms with Crippen molar-refractivity contribution in [2.24, 2.45) is 0 Å². The monoisotopic (exact) mass is 277 g/mol. The van der Waals surface area contributed by atoms with Gasteiger partial charge in [-0.05, 0) is 30.7 Å². The van der Waals surface area contributed by atoms with Crippen molar-refractivity contribution in [3.8, 4) is 11.5 Å². The fourth-order valence-electron chi connectivity index (χ4n) is 1.86. The summed E-state index contributed by atoms with van der Waals surface area (Å²) >= 11 is 5.95. The molecule has 3 nitrogen and oxygen atoms in total. The number of nitrogens with one attached hydrogen (secondary N) is 1. The third-order valence-electron chi connectivity index (χ3n) is 3.02. The van der Waals surface area contributed by atoms with Gasteiger partial charge in [0.15, 0.2) is 0 Å². The molecule has 0 spiro atoms. The van der Waals surface area contributed by atoms with E-state index in [1.54, 1.807) is 12.1 Å². The molecule has 0 aliphatic heterocycles. The van der Waals surface area contributed by atoms with E-state index in [4.69, 9.17) is 11.6 Å². The lowest BCUT2D eigenvalue weighted by Crippen LogP contribution is -2.18. The molecule has 0 heterocycles. The predicted molar refractivity (Wildman–Crippen MR) is 76.5 cm³/mol. The lowest BCUT2D eigenvalue weighted by molar-refractivity contribution is 0.441. The van der Waals surface area contributed by atoms with Gasteiger partial charge in [-0.25, -0.2) is 0 Å². The van der Waals surface area contributed by atoms with Crippen LogP contribution in [-0.2, 0) is 6.54 Å². The molecular weight excluding hydrogens is 262 g/mol. The summed E-state index contributed by atoms with van der Waals surface area (Å²) in [4.78, 5) is 0. The normalized spacial score (nSPS) is 12.3. The van der Waals surface area contributed by atoms with E-state index >= 15 is 0 Å². The molecule has 4 heteroatoms. The van der Waals surface area contributed by atoms with Crippen molar-refractivity contribution in [1.82, 2.24) is 5.32 Å². The Hall–Kier alpha value is -1.71. The van der Waals surface area contributed by atoms with Gasteiger partial charge in [0.05, 0.1) is 0 Å². The van der Waals surface area contributed by atoms with E-state index in [-0.39, 0.29) is 17.5 Å². The Morgan fingerprint density at radius 2 is 1.95 bits per heavy atom. The SMILES string of the molecule is C[C@@H](NCc1ccc(O)cc1O)c1cccc(Cl)c1. The Balaban J connectivity index is 2.02. The molecule has 0 aliphatic carbocycles. The largest absolute Gasteiger partial charge is 0.508 e. The highest BCUT2D eigenvalue weighted by atomic mass is 35.5. The minimum absolute atomic E-state index is 0.0594. The molecule has 0 bridgehead atoms. The van der Waals surface area contributed by atoms with E-state index in [9.17, 15) is 10.2 Å². The second-order valence-corrected chi connectivity index (χ2v) is 4.91. The Morgan fingerprint density at radius 3 is 2.63 bits per heavy atom. The highest BCUT2D eigenvalue weighted by Gasteiger charge is 2.07. The van der Waals surface area contributed by atoms with Crippen LogP contribution in [0.25, 0.3) is 0 Å². The van der Waals surface area contributed by atoms with Crippen LogP contribution in [0.1, 0.15) is 24.1 Å².